The Bertz CT molecular complexity index is 1180. The van der Waals surface area contributed by atoms with Crippen LogP contribution in [0.15, 0.2) is 49.6 Å². The Morgan fingerprint density at radius 3 is 2.22 bits per heavy atom. The summed E-state index contributed by atoms with van der Waals surface area (Å²) in [6.07, 6.45) is 2.11. The molecule has 27 heavy (non-hydrogen) atoms. The molecule has 1 heterocycles. The SMILES string of the molecule is NS(=O)(=O)c1cc(S(=O)(=O)O)c(NCc2ccco2)cc1S(=O)(=O)C1CC1. The van der Waals surface area contributed by atoms with E-state index in [1.54, 1.807) is 12.1 Å². The second-order valence-corrected chi connectivity index (χ2v) is 11.1. The van der Waals surface area contributed by atoms with E-state index in [1.807, 2.05) is 0 Å². The lowest BCUT2D eigenvalue weighted by Crippen LogP contribution is -2.20. The number of sulfone groups is 1. The molecule has 0 amide bonds. The Balaban J connectivity index is 2.21. The molecule has 0 radical (unpaired) electrons. The maximum atomic E-state index is 12.6. The van der Waals surface area contributed by atoms with Gasteiger partial charge in [0.1, 0.15) is 15.6 Å². The van der Waals surface area contributed by atoms with Crippen molar-refractivity contribution in [2.45, 2.75) is 39.3 Å². The van der Waals surface area contributed by atoms with E-state index in [4.69, 9.17) is 9.56 Å². The molecule has 0 aliphatic heterocycles. The van der Waals surface area contributed by atoms with Crippen molar-refractivity contribution < 1.29 is 34.2 Å². The molecule has 3 rings (SSSR count). The highest BCUT2D eigenvalue weighted by atomic mass is 32.2. The van der Waals surface area contributed by atoms with Gasteiger partial charge in [-0.15, -0.1) is 0 Å². The van der Waals surface area contributed by atoms with E-state index in [9.17, 15) is 29.8 Å². The van der Waals surface area contributed by atoms with Crippen molar-refractivity contribution in [2.24, 2.45) is 5.14 Å². The zero-order chi connectivity index (χ0) is 20.0. The average molecular weight is 436 g/mol. The molecule has 2 aromatic rings. The number of furan rings is 1. The zero-order valence-corrected chi connectivity index (χ0v) is 16.1. The Hall–Kier alpha value is -1.93. The number of primary sulfonamides is 1. The summed E-state index contributed by atoms with van der Waals surface area (Å²) in [5.74, 6) is 0.401. The normalized spacial score (nSPS) is 15.6. The number of hydrogen-bond donors (Lipinski definition) is 3. The first-order valence-corrected chi connectivity index (χ1v) is 12.1. The molecule has 4 N–H and O–H groups in total. The van der Waals surface area contributed by atoms with Crippen molar-refractivity contribution in [1.29, 1.82) is 0 Å². The third-order valence-electron chi connectivity index (χ3n) is 3.93. The van der Waals surface area contributed by atoms with Crippen LogP contribution >= 0.6 is 0 Å². The van der Waals surface area contributed by atoms with Crippen LogP contribution in [0.2, 0.25) is 0 Å². The largest absolute Gasteiger partial charge is 0.467 e. The van der Waals surface area contributed by atoms with Crippen LogP contribution in [-0.4, -0.2) is 35.1 Å². The van der Waals surface area contributed by atoms with Gasteiger partial charge in [-0.1, -0.05) is 0 Å². The summed E-state index contributed by atoms with van der Waals surface area (Å²) in [6, 6.07) is 4.58. The second-order valence-electron chi connectivity index (χ2n) is 5.99. The monoisotopic (exact) mass is 436 g/mol. The summed E-state index contributed by atoms with van der Waals surface area (Å²) in [5, 5.41) is 6.97. The van der Waals surface area contributed by atoms with Crippen molar-refractivity contribution in [3.8, 4) is 0 Å². The molecule has 1 aliphatic rings. The van der Waals surface area contributed by atoms with Gasteiger partial charge in [-0.05, 0) is 37.1 Å². The Morgan fingerprint density at radius 1 is 1.07 bits per heavy atom. The molecule has 0 atom stereocenters. The number of nitrogens with two attached hydrogens (primary N) is 1. The minimum Gasteiger partial charge on any atom is -0.467 e. The molecule has 13 heteroatoms. The third kappa shape index (κ3) is 4.16. The summed E-state index contributed by atoms with van der Waals surface area (Å²) in [5.41, 5.74) is -0.291. The molecule has 0 unspecified atom stereocenters. The Morgan fingerprint density at radius 2 is 1.74 bits per heavy atom. The number of rotatable bonds is 7. The molecule has 1 saturated carbocycles. The van der Waals surface area contributed by atoms with Gasteiger partial charge in [0.15, 0.2) is 9.84 Å². The van der Waals surface area contributed by atoms with Crippen LogP contribution in [0.5, 0.6) is 0 Å². The molecule has 10 nitrogen and oxygen atoms in total. The van der Waals surface area contributed by atoms with Crippen LogP contribution in [0.25, 0.3) is 0 Å². The molecule has 1 aliphatic carbocycles. The first kappa shape index (κ1) is 19.8. The minimum atomic E-state index is -4.88. The van der Waals surface area contributed by atoms with E-state index < -0.39 is 49.9 Å². The lowest BCUT2D eigenvalue weighted by molar-refractivity contribution is 0.482. The van der Waals surface area contributed by atoms with Gasteiger partial charge in [0.25, 0.3) is 10.1 Å². The van der Waals surface area contributed by atoms with Crippen molar-refractivity contribution in [1.82, 2.24) is 0 Å². The van der Waals surface area contributed by atoms with Crippen LogP contribution in [0.1, 0.15) is 18.6 Å². The number of benzene rings is 1. The first-order valence-electron chi connectivity index (χ1n) is 7.59. The quantitative estimate of drug-likeness (QED) is 0.528. The van der Waals surface area contributed by atoms with Crippen LogP contribution in [0, 0.1) is 0 Å². The van der Waals surface area contributed by atoms with Crippen LogP contribution < -0.4 is 10.5 Å². The topological polar surface area (TPSA) is 174 Å². The predicted molar refractivity (Wildman–Crippen MR) is 93.9 cm³/mol. The lowest BCUT2D eigenvalue weighted by Gasteiger charge is -2.15. The van der Waals surface area contributed by atoms with E-state index >= 15 is 0 Å². The van der Waals surface area contributed by atoms with Crippen molar-refractivity contribution in [3.05, 3.63) is 36.3 Å². The van der Waals surface area contributed by atoms with E-state index in [1.165, 1.54) is 6.26 Å². The van der Waals surface area contributed by atoms with Gasteiger partial charge in [-0.3, -0.25) is 4.55 Å². The summed E-state index contributed by atoms with van der Waals surface area (Å²) in [4.78, 5) is -2.31. The van der Waals surface area contributed by atoms with Gasteiger partial charge in [-0.25, -0.2) is 22.0 Å². The summed E-state index contributed by atoms with van der Waals surface area (Å²) < 4.78 is 87.0. The van der Waals surface area contributed by atoms with Crippen LogP contribution in [-0.2, 0) is 36.5 Å². The van der Waals surface area contributed by atoms with Crippen molar-refractivity contribution in [2.75, 3.05) is 5.32 Å². The van der Waals surface area contributed by atoms with Crippen LogP contribution in [0.3, 0.4) is 0 Å². The van der Waals surface area contributed by atoms with Gasteiger partial charge < -0.3 is 9.73 Å². The molecule has 1 fully saturated rings. The van der Waals surface area contributed by atoms with Crippen LogP contribution in [0.4, 0.5) is 5.69 Å². The first-order chi connectivity index (χ1) is 12.4. The third-order valence-corrected chi connectivity index (χ3v) is 8.21. The second kappa shape index (κ2) is 6.60. The standard InChI is InChI=1S/C14H16N2O8S3/c15-26(19,20)14-7-12(27(21,22)23)11(16-8-9-2-1-5-24-9)6-13(14)25(17,18)10-3-4-10/h1-2,5-7,10,16H,3-4,8H2,(H2,15,19,20)(H,21,22,23). The van der Waals surface area contributed by atoms with Crippen molar-refractivity contribution >= 4 is 35.7 Å². The van der Waals surface area contributed by atoms with Gasteiger partial charge in [-0.2, -0.15) is 8.42 Å². The summed E-state index contributed by atoms with van der Waals surface area (Å²) >= 11 is 0. The fourth-order valence-corrected chi connectivity index (χ4v) is 6.30. The number of anilines is 1. The van der Waals surface area contributed by atoms with Crippen molar-refractivity contribution in [3.63, 3.8) is 0 Å². The van der Waals surface area contributed by atoms with E-state index in [-0.39, 0.29) is 12.2 Å². The van der Waals surface area contributed by atoms with E-state index in [2.05, 4.69) is 5.32 Å². The van der Waals surface area contributed by atoms with E-state index in [0.717, 1.165) is 6.07 Å². The molecule has 0 spiro atoms. The molecular formula is C14H16N2O8S3. The highest BCUT2D eigenvalue weighted by Gasteiger charge is 2.40. The summed E-state index contributed by atoms with van der Waals surface area (Å²) in [7, 11) is -13.5. The molecule has 1 aromatic heterocycles. The molecule has 148 valence electrons. The maximum Gasteiger partial charge on any atom is 0.296 e. The van der Waals surface area contributed by atoms with Gasteiger partial charge in [0, 0.05) is 0 Å². The van der Waals surface area contributed by atoms with Gasteiger partial charge >= 0.3 is 0 Å². The Labute approximate surface area is 156 Å². The molecule has 1 aromatic carbocycles. The average Bonchev–Trinajstić information content (AvgIpc) is 3.28. The Kier molecular flexibility index (Phi) is 4.84. The molecular weight excluding hydrogens is 420 g/mol. The minimum absolute atomic E-state index is 0.0346. The number of nitrogens with one attached hydrogen (secondary N) is 1. The highest BCUT2D eigenvalue weighted by molar-refractivity contribution is 7.94. The van der Waals surface area contributed by atoms with Gasteiger partial charge in [0.05, 0.1) is 28.6 Å². The molecule has 0 saturated heterocycles. The highest BCUT2D eigenvalue weighted by Crippen LogP contribution is 2.39. The summed E-state index contributed by atoms with van der Waals surface area (Å²) in [6.45, 7) is -0.0346. The van der Waals surface area contributed by atoms with Gasteiger partial charge in [0.2, 0.25) is 10.0 Å². The fraction of sp³-hybridized carbons (Fsp3) is 0.286. The lowest BCUT2D eigenvalue weighted by atomic mass is 10.3. The zero-order valence-electron chi connectivity index (χ0n) is 13.7. The number of hydrogen-bond acceptors (Lipinski definition) is 8. The fourth-order valence-electron chi connectivity index (χ4n) is 2.49. The maximum absolute atomic E-state index is 12.6. The molecule has 0 bridgehead atoms. The smallest absolute Gasteiger partial charge is 0.296 e. The number of sulfonamides is 1. The predicted octanol–water partition coefficient (Wildman–Crippen LogP) is 0.722. The van der Waals surface area contributed by atoms with E-state index in [0.29, 0.717) is 24.7 Å².